The minimum Gasteiger partial charge on any atom is -0.497 e. The number of amides is 1. The topological polar surface area (TPSA) is 53.0 Å². The van der Waals surface area contributed by atoms with Gasteiger partial charge in [-0.2, -0.15) is 0 Å². The average molecular weight is 392 g/mol. The Balaban J connectivity index is 1.62. The molecule has 2 aromatic carbocycles. The lowest BCUT2D eigenvalue weighted by molar-refractivity contribution is 0.127. The van der Waals surface area contributed by atoms with Crippen molar-refractivity contribution in [3.8, 4) is 16.9 Å². The van der Waals surface area contributed by atoms with E-state index in [-0.39, 0.29) is 5.92 Å². The second kappa shape index (κ2) is 6.68. The van der Waals surface area contributed by atoms with Gasteiger partial charge in [0.25, 0.3) is 0 Å². The predicted molar refractivity (Wildman–Crippen MR) is 114 cm³/mol. The first-order chi connectivity index (χ1) is 14.0. The van der Waals surface area contributed by atoms with Crippen LogP contribution in [0.25, 0.3) is 11.1 Å². The number of likely N-dealkylation sites (tertiary alicyclic amines) is 1. The van der Waals surface area contributed by atoms with Crippen molar-refractivity contribution in [2.45, 2.75) is 44.6 Å². The maximum absolute atomic E-state index is 11.6. The van der Waals surface area contributed by atoms with Crippen molar-refractivity contribution < 1.29 is 14.6 Å². The van der Waals surface area contributed by atoms with Crippen LogP contribution in [-0.4, -0.2) is 48.9 Å². The second-order valence-electron chi connectivity index (χ2n) is 8.82. The maximum atomic E-state index is 11.6. The highest BCUT2D eigenvalue weighted by Crippen LogP contribution is 2.51. The number of methoxy groups -OCH3 is 1. The fourth-order valence-corrected chi connectivity index (χ4v) is 5.58. The summed E-state index contributed by atoms with van der Waals surface area (Å²) in [4.78, 5) is 15.7. The van der Waals surface area contributed by atoms with Crippen LogP contribution in [-0.2, 0) is 6.42 Å². The third-order valence-electron chi connectivity index (χ3n) is 6.97. The fraction of sp³-hybridized carbons (Fsp3) is 0.458. The summed E-state index contributed by atoms with van der Waals surface area (Å²) in [7, 11) is 1.71. The Bertz CT molecular complexity index is 984. The van der Waals surface area contributed by atoms with Crippen molar-refractivity contribution in [2.75, 3.05) is 31.6 Å². The molecular formula is C24H28N2O3. The van der Waals surface area contributed by atoms with E-state index in [0.29, 0.717) is 25.0 Å². The molecule has 0 aliphatic carbocycles. The molecule has 1 fully saturated rings. The number of nitrogens with zero attached hydrogens (tertiary/aromatic N) is 2. The van der Waals surface area contributed by atoms with Crippen molar-refractivity contribution in [3.05, 3.63) is 47.0 Å². The lowest BCUT2D eigenvalue weighted by Crippen LogP contribution is -2.47. The molecule has 5 nitrogen and oxygen atoms in total. The van der Waals surface area contributed by atoms with Crippen molar-refractivity contribution in [3.63, 3.8) is 0 Å². The Kier molecular flexibility index (Phi) is 4.23. The van der Waals surface area contributed by atoms with Crippen LogP contribution in [0.15, 0.2) is 30.3 Å². The summed E-state index contributed by atoms with van der Waals surface area (Å²) >= 11 is 0. The summed E-state index contributed by atoms with van der Waals surface area (Å²) in [5.74, 6) is 1.55. The van der Waals surface area contributed by atoms with Gasteiger partial charge in [0.2, 0.25) is 0 Å². The zero-order valence-electron chi connectivity index (χ0n) is 17.3. The first-order valence-electron chi connectivity index (χ1n) is 10.6. The van der Waals surface area contributed by atoms with E-state index in [2.05, 4.69) is 43.0 Å². The van der Waals surface area contributed by atoms with Crippen LogP contribution in [0, 0.1) is 0 Å². The van der Waals surface area contributed by atoms with Gasteiger partial charge in [-0.15, -0.1) is 0 Å². The van der Waals surface area contributed by atoms with Gasteiger partial charge in [0.05, 0.1) is 7.11 Å². The monoisotopic (exact) mass is 392 g/mol. The van der Waals surface area contributed by atoms with Crippen LogP contribution in [0.3, 0.4) is 0 Å². The molecule has 0 bridgehead atoms. The van der Waals surface area contributed by atoms with Gasteiger partial charge in [0.15, 0.2) is 0 Å². The summed E-state index contributed by atoms with van der Waals surface area (Å²) < 4.78 is 5.46. The van der Waals surface area contributed by atoms with Crippen molar-refractivity contribution in [2.24, 2.45) is 0 Å². The molecule has 3 aliphatic rings. The van der Waals surface area contributed by atoms with E-state index < -0.39 is 6.09 Å². The number of piperidine rings is 1. The number of carbonyl (C=O) groups is 1. The number of carboxylic acid groups (broad SMARTS) is 1. The van der Waals surface area contributed by atoms with E-state index in [1.54, 1.807) is 12.0 Å². The van der Waals surface area contributed by atoms with Crippen LogP contribution < -0.4 is 9.64 Å². The number of hydrogen-bond donors (Lipinski definition) is 1. The minimum absolute atomic E-state index is 0.273. The van der Waals surface area contributed by atoms with Crippen LogP contribution >= 0.6 is 0 Å². The van der Waals surface area contributed by atoms with Crippen molar-refractivity contribution in [1.29, 1.82) is 0 Å². The van der Waals surface area contributed by atoms with Gasteiger partial charge < -0.3 is 19.6 Å². The third kappa shape index (κ3) is 2.78. The Labute approximate surface area is 171 Å². The van der Waals surface area contributed by atoms with Crippen LogP contribution in [0.5, 0.6) is 5.75 Å². The van der Waals surface area contributed by atoms with E-state index in [1.165, 1.54) is 33.5 Å². The number of anilines is 1. The summed E-state index contributed by atoms with van der Waals surface area (Å²) in [6.45, 7) is 6.73. The zero-order valence-corrected chi connectivity index (χ0v) is 17.3. The Morgan fingerprint density at radius 1 is 1.21 bits per heavy atom. The van der Waals surface area contributed by atoms with Gasteiger partial charge in [0.1, 0.15) is 5.75 Å². The summed E-state index contributed by atoms with van der Waals surface area (Å²) in [5.41, 5.74) is 7.94. The van der Waals surface area contributed by atoms with Gasteiger partial charge in [0, 0.05) is 37.3 Å². The second-order valence-corrected chi connectivity index (χ2v) is 8.82. The molecule has 29 heavy (non-hydrogen) atoms. The lowest BCUT2D eigenvalue weighted by Gasteiger charge is -2.37. The van der Waals surface area contributed by atoms with E-state index >= 15 is 0 Å². The molecule has 2 atom stereocenters. The Morgan fingerprint density at radius 3 is 2.76 bits per heavy atom. The molecular weight excluding hydrogens is 364 g/mol. The van der Waals surface area contributed by atoms with Crippen LogP contribution in [0.1, 0.15) is 48.8 Å². The van der Waals surface area contributed by atoms with Gasteiger partial charge in [-0.05, 0) is 70.8 Å². The summed E-state index contributed by atoms with van der Waals surface area (Å²) in [6.07, 6.45) is 1.20. The smallest absolute Gasteiger partial charge is 0.407 e. The highest BCUT2D eigenvalue weighted by atomic mass is 16.5. The molecule has 3 heterocycles. The van der Waals surface area contributed by atoms with Crippen molar-refractivity contribution in [1.82, 2.24) is 4.90 Å². The van der Waals surface area contributed by atoms with Crippen LogP contribution in [0.4, 0.5) is 10.5 Å². The molecule has 0 aromatic heterocycles. The first-order valence-corrected chi connectivity index (χ1v) is 10.6. The number of ether oxygens (including phenoxy) is 1. The number of benzene rings is 2. The molecule has 3 aliphatic heterocycles. The van der Waals surface area contributed by atoms with Gasteiger partial charge in [-0.1, -0.05) is 19.9 Å². The first kappa shape index (κ1) is 18.3. The van der Waals surface area contributed by atoms with E-state index in [4.69, 9.17) is 4.74 Å². The molecule has 5 heteroatoms. The molecule has 1 saturated heterocycles. The molecule has 0 unspecified atom stereocenters. The molecule has 152 valence electrons. The number of rotatable bonds is 3. The average Bonchev–Trinajstić information content (AvgIpc) is 3.29. The Morgan fingerprint density at radius 2 is 2.03 bits per heavy atom. The normalized spacial score (nSPS) is 22.1. The molecule has 1 N–H and O–H groups in total. The van der Waals surface area contributed by atoms with Crippen molar-refractivity contribution >= 4 is 11.8 Å². The molecule has 5 rings (SSSR count). The zero-order chi connectivity index (χ0) is 20.3. The highest BCUT2D eigenvalue weighted by molar-refractivity contribution is 5.79. The number of fused-ring (bicyclic) bond motifs is 3. The third-order valence-corrected chi connectivity index (χ3v) is 6.97. The largest absolute Gasteiger partial charge is 0.497 e. The molecule has 2 aromatic rings. The molecule has 1 amide bonds. The fourth-order valence-electron chi connectivity index (χ4n) is 5.58. The SMILES string of the molecule is COc1ccc(-c2cc3c4c(c2)[C@@H]2CN(C(=O)O)CC[C@@H]2N4CC3)c(C(C)C)c1. The van der Waals surface area contributed by atoms with Gasteiger partial charge >= 0.3 is 6.09 Å². The predicted octanol–water partition coefficient (Wildman–Crippen LogP) is 4.70. The standard InChI is InChI=1S/C24H28N2O3/c1-14(2)19-12-17(29-3)4-5-18(19)16-10-15-6-9-26-22-7-8-25(24(27)28)13-21(22)20(11-16)23(15)26/h4-5,10-12,14,21-22H,6-9,13H2,1-3H3,(H,27,28)/t21-,22-/m0/s1. The highest BCUT2D eigenvalue weighted by Gasteiger charge is 2.45. The maximum Gasteiger partial charge on any atom is 0.407 e. The minimum atomic E-state index is -0.797. The Hall–Kier alpha value is -2.69. The van der Waals surface area contributed by atoms with Gasteiger partial charge in [-0.25, -0.2) is 4.79 Å². The van der Waals surface area contributed by atoms with Gasteiger partial charge in [-0.3, -0.25) is 0 Å². The van der Waals surface area contributed by atoms with E-state index in [0.717, 1.165) is 25.1 Å². The van der Waals surface area contributed by atoms with E-state index in [9.17, 15) is 9.90 Å². The van der Waals surface area contributed by atoms with E-state index in [1.807, 2.05) is 6.07 Å². The summed E-state index contributed by atoms with van der Waals surface area (Å²) in [6, 6.07) is 11.5. The molecule has 0 spiro atoms. The quantitative estimate of drug-likeness (QED) is 0.823. The number of hydrogen-bond acceptors (Lipinski definition) is 3. The van der Waals surface area contributed by atoms with Crippen LogP contribution in [0.2, 0.25) is 0 Å². The molecule has 0 radical (unpaired) electrons. The molecule has 0 saturated carbocycles. The lowest BCUT2D eigenvalue weighted by atomic mass is 9.84. The summed E-state index contributed by atoms with van der Waals surface area (Å²) in [5, 5.41) is 9.52.